The third-order valence-corrected chi connectivity index (χ3v) is 3.40. The molecular weight excluding hydrogens is 251 g/mol. The van der Waals surface area contributed by atoms with Crippen LogP contribution in [0.4, 0.5) is 4.39 Å². The summed E-state index contributed by atoms with van der Waals surface area (Å²) in [6.07, 6.45) is 1.91. The zero-order valence-corrected chi connectivity index (χ0v) is 11.5. The van der Waals surface area contributed by atoms with E-state index in [4.69, 9.17) is 0 Å². The lowest BCUT2D eigenvalue weighted by atomic mass is 9.99. The second-order valence-corrected chi connectivity index (χ2v) is 4.42. The van der Waals surface area contributed by atoms with Crippen molar-refractivity contribution >= 4 is 12.4 Å². The van der Waals surface area contributed by atoms with Gasteiger partial charge < -0.3 is 5.32 Å². The van der Waals surface area contributed by atoms with Crippen LogP contribution in [0.2, 0.25) is 0 Å². The quantitative estimate of drug-likeness (QED) is 0.850. The van der Waals surface area contributed by atoms with Crippen LogP contribution in [0.1, 0.15) is 17.2 Å². The van der Waals surface area contributed by atoms with Crippen molar-refractivity contribution in [2.75, 3.05) is 26.2 Å². The highest BCUT2D eigenvalue weighted by molar-refractivity contribution is 5.85. The normalized spacial score (nSPS) is 17.9. The molecule has 1 aliphatic heterocycles. The number of halogens is 2. The summed E-state index contributed by atoms with van der Waals surface area (Å²) >= 11 is 0. The second-order valence-electron chi connectivity index (χ2n) is 4.42. The zero-order chi connectivity index (χ0) is 12.3. The van der Waals surface area contributed by atoms with Crippen LogP contribution in [0.25, 0.3) is 0 Å². The molecule has 0 spiro atoms. The molecule has 1 atom stereocenters. The SMILES string of the molecule is C=C[C@@H](c1cccc(F)c1C)N1CCNCC1.Cl. The first-order valence-corrected chi connectivity index (χ1v) is 6.06. The molecule has 100 valence electrons. The molecule has 1 heterocycles. The average Bonchev–Trinajstić information content (AvgIpc) is 2.37. The van der Waals surface area contributed by atoms with E-state index >= 15 is 0 Å². The highest BCUT2D eigenvalue weighted by Gasteiger charge is 2.21. The zero-order valence-electron chi connectivity index (χ0n) is 10.7. The van der Waals surface area contributed by atoms with E-state index < -0.39 is 0 Å². The summed E-state index contributed by atoms with van der Waals surface area (Å²) < 4.78 is 13.6. The van der Waals surface area contributed by atoms with E-state index in [2.05, 4.69) is 16.8 Å². The summed E-state index contributed by atoms with van der Waals surface area (Å²) in [4.78, 5) is 2.34. The molecule has 2 nitrogen and oxygen atoms in total. The maximum absolute atomic E-state index is 13.6. The van der Waals surface area contributed by atoms with Gasteiger partial charge in [0.1, 0.15) is 5.82 Å². The minimum absolute atomic E-state index is 0. The van der Waals surface area contributed by atoms with Crippen molar-refractivity contribution in [1.29, 1.82) is 0 Å². The van der Waals surface area contributed by atoms with E-state index in [1.165, 1.54) is 6.07 Å². The van der Waals surface area contributed by atoms with Gasteiger partial charge in [-0.05, 0) is 24.1 Å². The minimum Gasteiger partial charge on any atom is -0.314 e. The molecule has 0 aliphatic carbocycles. The molecule has 0 radical (unpaired) electrons. The molecule has 0 saturated carbocycles. The Morgan fingerprint density at radius 2 is 2.06 bits per heavy atom. The lowest BCUT2D eigenvalue weighted by Gasteiger charge is -2.34. The molecule has 1 fully saturated rings. The largest absolute Gasteiger partial charge is 0.314 e. The maximum Gasteiger partial charge on any atom is 0.126 e. The molecule has 0 unspecified atom stereocenters. The Bertz CT molecular complexity index is 403. The van der Waals surface area contributed by atoms with Gasteiger partial charge in [0.25, 0.3) is 0 Å². The van der Waals surface area contributed by atoms with E-state index in [1.807, 2.05) is 19.1 Å². The number of hydrogen-bond donors (Lipinski definition) is 1. The molecule has 1 saturated heterocycles. The summed E-state index contributed by atoms with van der Waals surface area (Å²) in [7, 11) is 0. The van der Waals surface area contributed by atoms with E-state index in [0.717, 1.165) is 37.3 Å². The Morgan fingerprint density at radius 1 is 1.39 bits per heavy atom. The van der Waals surface area contributed by atoms with Crippen LogP contribution in [-0.2, 0) is 0 Å². The molecule has 0 bridgehead atoms. The predicted molar refractivity (Wildman–Crippen MR) is 75.8 cm³/mol. The van der Waals surface area contributed by atoms with Gasteiger partial charge in [0, 0.05) is 26.2 Å². The van der Waals surface area contributed by atoms with Gasteiger partial charge in [0.2, 0.25) is 0 Å². The smallest absolute Gasteiger partial charge is 0.126 e. The van der Waals surface area contributed by atoms with Gasteiger partial charge in [-0.2, -0.15) is 0 Å². The first-order valence-electron chi connectivity index (χ1n) is 6.06. The van der Waals surface area contributed by atoms with Gasteiger partial charge in [0.05, 0.1) is 6.04 Å². The molecule has 4 heteroatoms. The Kier molecular flexibility index (Phi) is 5.79. The number of hydrogen-bond acceptors (Lipinski definition) is 2. The van der Waals surface area contributed by atoms with Gasteiger partial charge >= 0.3 is 0 Å². The van der Waals surface area contributed by atoms with E-state index in [0.29, 0.717) is 0 Å². The molecule has 1 aromatic rings. The van der Waals surface area contributed by atoms with Crippen molar-refractivity contribution in [3.05, 3.63) is 47.8 Å². The standard InChI is InChI=1S/C14H19FN2.ClH/c1-3-14(17-9-7-16-8-10-17)12-5-4-6-13(15)11(12)2;/h3-6,14,16H,1,7-10H2,2H3;1H/t14-;/m0./s1. The number of benzene rings is 1. The van der Waals surface area contributed by atoms with Crippen molar-refractivity contribution < 1.29 is 4.39 Å². The van der Waals surface area contributed by atoms with Crippen molar-refractivity contribution in [3.8, 4) is 0 Å². The monoisotopic (exact) mass is 270 g/mol. The van der Waals surface area contributed by atoms with Crippen LogP contribution in [0.3, 0.4) is 0 Å². The van der Waals surface area contributed by atoms with Crippen LogP contribution in [0, 0.1) is 12.7 Å². The highest BCUT2D eigenvalue weighted by Crippen LogP contribution is 2.26. The lowest BCUT2D eigenvalue weighted by molar-refractivity contribution is 0.203. The topological polar surface area (TPSA) is 15.3 Å². The summed E-state index contributed by atoms with van der Waals surface area (Å²) in [6, 6.07) is 5.40. The number of rotatable bonds is 3. The van der Waals surface area contributed by atoms with Crippen molar-refractivity contribution in [3.63, 3.8) is 0 Å². The molecular formula is C14H20ClFN2. The minimum atomic E-state index is -0.135. The Labute approximate surface area is 114 Å². The first kappa shape index (κ1) is 15.2. The number of nitrogens with zero attached hydrogens (tertiary/aromatic N) is 1. The van der Waals surface area contributed by atoms with Gasteiger partial charge in [-0.15, -0.1) is 19.0 Å². The Balaban J connectivity index is 0.00000162. The number of piperazine rings is 1. The van der Waals surface area contributed by atoms with Gasteiger partial charge in [-0.1, -0.05) is 18.2 Å². The van der Waals surface area contributed by atoms with Gasteiger partial charge in [-0.25, -0.2) is 4.39 Å². The molecule has 1 aromatic carbocycles. The van der Waals surface area contributed by atoms with Gasteiger partial charge in [0.15, 0.2) is 0 Å². The van der Waals surface area contributed by atoms with Crippen LogP contribution >= 0.6 is 12.4 Å². The molecule has 2 rings (SSSR count). The van der Waals surface area contributed by atoms with Crippen LogP contribution in [-0.4, -0.2) is 31.1 Å². The highest BCUT2D eigenvalue weighted by atomic mass is 35.5. The van der Waals surface area contributed by atoms with Crippen molar-refractivity contribution in [2.45, 2.75) is 13.0 Å². The fourth-order valence-electron chi connectivity index (χ4n) is 2.38. The summed E-state index contributed by atoms with van der Waals surface area (Å²) in [5, 5.41) is 3.32. The molecule has 18 heavy (non-hydrogen) atoms. The van der Waals surface area contributed by atoms with Crippen LogP contribution < -0.4 is 5.32 Å². The van der Waals surface area contributed by atoms with Crippen LogP contribution in [0.15, 0.2) is 30.9 Å². The third kappa shape index (κ3) is 3.10. The number of nitrogens with one attached hydrogen (secondary N) is 1. The fraction of sp³-hybridized carbons (Fsp3) is 0.429. The summed E-state index contributed by atoms with van der Waals surface area (Å²) in [5.41, 5.74) is 1.76. The maximum atomic E-state index is 13.6. The molecule has 1 N–H and O–H groups in total. The third-order valence-electron chi connectivity index (χ3n) is 3.40. The molecule has 0 aromatic heterocycles. The summed E-state index contributed by atoms with van der Waals surface area (Å²) in [5.74, 6) is -0.135. The lowest BCUT2D eigenvalue weighted by Crippen LogP contribution is -2.44. The second kappa shape index (κ2) is 6.88. The van der Waals surface area contributed by atoms with Crippen LogP contribution in [0.5, 0.6) is 0 Å². The fourth-order valence-corrected chi connectivity index (χ4v) is 2.38. The van der Waals surface area contributed by atoms with E-state index in [-0.39, 0.29) is 24.3 Å². The van der Waals surface area contributed by atoms with Crippen molar-refractivity contribution in [2.24, 2.45) is 0 Å². The molecule has 0 amide bonds. The molecule has 1 aliphatic rings. The summed E-state index contributed by atoms with van der Waals surface area (Å²) in [6.45, 7) is 9.66. The van der Waals surface area contributed by atoms with Gasteiger partial charge in [-0.3, -0.25) is 4.90 Å². The van der Waals surface area contributed by atoms with Crippen molar-refractivity contribution in [1.82, 2.24) is 10.2 Å². The average molecular weight is 271 g/mol. The Morgan fingerprint density at radius 3 is 2.67 bits per heavy atom. The first-order chi connectivity index (χ1) is 8.24. The van der Waals surface area contributed by atoms with E-state index in [9.17, 15) is 4.39 Å². The predicted octanol–water partition coefficient (Wildman–Crippen LogP) is 2.69. The van der Waals surface area contributed by atoms with E-state index in [1.54, 1.807) is 6.07 Å². The Hall–Kier alpha value is -0.900.